The lowest BCUT2D eigenvalue weighted by Crippen LogP contribution is -2.17. The van der Waals surface area contributed by atoms with Gasteiger partial charge in [0.05, 0.1) is 5.41 Å². The molecule has 58 valence electrons. The summed E-state index contributed by atoms with van der Waals surface area (Å²) in [5, 5.41) is 17.4. The van der Waals surface area contributed by atoms with Gasteiger partial charge in [-0.3, -0.25) is 4.79 Å². The molecule has 1 rings (SSSR count). The molecule has 10 heavy (non-hydrogen) atoms. The first kappa shape index (κ1) is 7.54. The molecule has 3 heteroatoms. The molecular formula is C7H12O3. The number of aliphatic hydroxyl groups excluding tert-OH is 1. The van der Waals surface area contributed by atoms with E-state index in [0.29, 0.717) is 12.8 Å². The molecule has 1 fully saturated rings. The summed E-state index contributed by atoms with van der Waals surface area (Å²) in [4.78, 5) is 10.6. The van der Waals surface area contributed by atoms with Crippen molar-refractivity contribution in [3.8, 4) is 0 Å². The van der Waals surface area contributed by atoms with Crippen molar-refractivity contribution in [2.75, 3.05) is 6.61 Å². The maximum Gasteiger partial charge on any atom is 0.310 e. The average Bonchev–Trinajstić information content (AvgIpc) is 2.62. The predicted octanol–water partition coefficient (Wildman–Crippen LogP) is 0.480. The van der Waals surface area contributed by atoms with Gasteiger partial charge in [0.1, 0.15) is 0 Å². The number of hydrogen-bond acceptors (Lipinski definition) is 2. The van der Waals surface area contributed by atoms with Gasteiger partial charge in [0.2, 0.25) is 0 Å². The third kappa shape index (κ3) is 0.814. The van der Waals surface area contributed by atoms with Gasteiger partial charge in [0.15, 0.2) is 0 Å². The number of hydrogen-bond donors (Lipinski definition) is 2. The van der Waals surface area contributed by atoms with E-state index in [0.717, 1.165) is 0 Å². The first-order valence-electron chi connectivity index (χ1n) is 3.51. The molecule has 0 aromatic carbocycles. The van der Waals surface area contributed by atoms with Crippen LogP contribution in [0.25, 0.3) is 0 Å². The fraction of sp³-hybridized carbons (Fsp3) is 0.857. The quantitative estimate of drug-likeness (QED) is 0.605. The molecule has 0 saturated heterocycles. The molecule has 0 bridgehead atoms. The van der Waals surface area contributed by atoms with E-state index in [1.54, 1.807) is 0 Å². The third-order valence-electron chi connectivity index (χ3n) is 2.51. The highest BCUT2D eigenvalue weighted by Gasteiger charge is 2.58. The lowest BCUT2D eigenvalue weighted by atomic mass is 10.0. The van der Waals surface area contributed by atoms with Crippen molar-refractivity contribution in [1.29, 1.82) is 0 Å². The van der Waals surface area contributed by atoms with E-state index in [1.165, 1.54) is 0 Å². The van der Waals surface area contributed by atoms with Gasteiger partial charge in [0, 0.05) is 6.61 Å². The maximum absolute atomic E-state index is 10.6. The lowest BCUT2D eigenvalue weighted by Gasteiger charge is -2.05. The third-order valence-corrected chi connectivity index (χ3v) is 2.51. The van der Waals surface area contributed by atoms with Crippen LogP contribution in [0, 0.1) is 11.3 Å². The molecule has 0 spiro atoms. The Morgan fingerprint density at radius 3 is 2.50 bits per heavy atom. The number of carboxylic acid groups (broad SMARTS) is 1. The Morgan fingerprint density at radius 1 is 1.80 bits per heavy atom. The van der Waals surface area contributed by atoms with Crippen LogP contribution in [0.1, 0.15) is 19.8 Å². The SMILES string of the molecule is CC[C@@]1(C(=O)O)C[C@@H]1CO. The molecule has 0 unspecified atom stereocenters. The summed E-state index contributed by atoms with van der Waals surface area (Å²) in [5.41, 5.74) is -0.575. The Labute approximate surface area is 59.7 Å². The number of rotatable bonds is 3. The highest BCUT2D eigenvalue weighted by Crippen LogP contribution is 2.54. The zero-order chi connectivity index (χ0) is 7.78. The number of aliphatic carboxylic acids is 1. The lowest BCUT2D eigenvalue weighted by molar-refractivity contribution is -0.144. The largest absolute Gasteiger partial charge is 0.481 e. The fourth-order valence-electron chi connectivity index (χ4n) is 1.47. The molecule has 3 nitrogen and oxygen atoms in total. The summed E-state index contributed by atoms with van der Waals surface area (Å²) in [6, 6.07) is 0. The van der Waals surface area contributed by atoms with Crippen LogP contribution in [-0.4, -0.2) is 22.8 Å². The summed E-state index contributed by atoms with van der Waals surface area (Å²) >= 11 is 0. The van der Waals surface area contributed by atoms with Crippen LogP contribution < -0.4 is 0 Å². The molecule has 0 aromatic rings. The molecule has 0 heterocycles. The minimum atomic E-state index is -0.756. The van der Waals surface area contributed by atoms with Crippen molar-refractivity contribution < 1.29 is 15.0 Å². The molecule has 0 aromatic heterocycles. The van der Waals surface area contributed by atoms with E-state index in [2.05, 4.69) is 0 Å². The topological polar surface area (TPSA) is 57.5 Å². The summed E-state index contributed by atoms with van der Waals surface area (Å²) in [6.07, 6.45) is 1.28. The Kier molecular flexibility index (Phi) is 1.68. The maximum atomic E-state index is 10.6. The standard InChI is InChI=1S/C7H12O3/c1-2-7(6(9)10)3-5(7)4-8/h5,8H,2-4H2,1H3,(H,9,10)/t5-,7-/m1/s1. The van der Waals surface area contributed by atoms with Crippen LogP contribution in [0.3, 0.4) is 0 Å². The van der Waals surface area contributed by atoms with Crippen molar-refractivity contribution in [3.05, 3.63) is 0 Å². The smallest absolute Gasteiger partial charge is 0.310 e. The molecule has 1 saturated carbocycles. The van der Waals surface area contributed by atoms with Crippen molar-refractivity contribution in [1.82, 2.24) is 0 Å². The number of aliphatic hydroxyl groups is 1. The summed E-state index contributed by atoms with van der Waals surface area (Å²) in [5.74, 6) is -0.746. The average molecular weight is 144 g/mol. The van der Waals surface area contributed by atoms with Gasteiger partial charge in [-0.1, -0.05) is 6.92 Å². The van der Waals surface area contributed by atoms with Gasteiger partial charge in [-0.25, -0.2) is 0 Å². The molecule has 2 atom stereocenters. The van der Waals surface area contributed by atoms with Crippen LogP contribution in [0.2, 0.25) is 0 Å². The van der Waals surface area contributed by atoms with Gasteiger partial charge in [0.25, 0.3) is 0 Å². The minimum absolute atomic E-state index is 0.00926. The van der Waals surface area contributed by atoms with Gasteiger partial charge in [-0.05, 0) is 18.8 Å². The van der Waals surface area contributed by atoms with Crippen LogP contribution in [-0.2, 0) is 4.79 Å². The molecule has 1 aliphatic rings. The molecule has 0 aliphatic heterocycles. The molecule has 0 amide bonds. The highest BCUT2D eigenvalue weighted by molar-refractivity contribution is 5.78. The predicted molar refractivity (Wildman–Crippen MR) is 35.6 cm³/mol. The molecular weight excluding hydrogens is 132 g/mol. The van der Waals surface area contributed by atoms with Gasteiger partial charge < -0.3 is 10.2 Å². The van der Waals surface area contributed by atoms with Crippen molar-refractivity contribution in [2.24, 2.45) is 11.3 Å². The molecule has 1 aliphatic carbocycles. The van der Waals surface area contributed by atoms with Crippen LogP contribution in [0.15, 0.2) is 0 Å². The Morgan fingerprint density at radius 2 is 2.40 bits per heavy atom. The van der Waals surface area contributed by atoms with E-state index in [1.807, 2.05) is 6.92 Å². The Balaban J connectivity index is 2.59. The summed E-state index contributed by atoms with van der Waals surface area (Å²) in [6.45, 7) is 1.86. The molecule has 2 N–H and O–H groups in total. The molecule has 0 radical (unpaired) electrons. The first-order chi connectivity index (χ1) is 4.67. The second kappa shape index (κ2) is 2.23. The Hall–Kier alpha value is -0.570. The van der Waals surface area contributed by atoms with Crippen molar-refractivity contribution in [2.45, 2.75) is 19.8 Å². The zero-order valence-electron chi connectivity index (χ0n) is 6.00. The van der Waals surface area contributed by atoms with E-state index in [9.17, 15) is 4.79 Å². The van der Waals surface area contributed by atoms with E-state index < -0.39 is 11.4 Å². The van der Waals surface area contributed by atoms with E-state index >= 15 is 0 Å². The van der Waals surface area contributed by atoms with Crippen LogP contribution in [0.5, 0.6) is 0 Å². The van der Waals surface area contributed by atoms with Gasteiger partial charge in [-0.2, -0.15) is 0 Å². The monoisotopic (exact) mass is 144 g/mol. The van der Waals surface area contributed by atoms with E-state index in [4.69, 9.17) is 10.2 Å². The van der Waals surface area contributed by atoms with Crippen molar-refractivity contribution >= 4 is 5.97 Å². The number of carbonyl (C=O) groups is 1. The summed E-state index contributed by atoms with van der Waals surface area (Å²) in [7, 11) is 0. The van der Waals surface area contributed by atoms with Crippen LogP contribution >= 0.6 is 0 Å². The van der Waals surface area contributed by atoms with Gasteiger partial charge >= 0.3 is 5.97 Å². The number of carboxylic acids is 1. The Bertz CT molecular complexity index is 155. The van der Waals surface area contributed by atoms with Crippen LogP contribution in [0.4, 0.5) is 0 Å². The van der Waals surface area contributed by atoms with Crippen molar-refractivity contribution in [3.63, 3.8) is 0 Å². The second-order valence-corrected chi connectivity index (χ2v) is 2.90. The highest BCUT2D eigenvalue weighted by atomic mass is 16.4. The normalized spacial score (nSPS) is 37.6. The van der Waals surface area contributed by atoms with Gasteiger partial charge in [-0.15, -0.1) is 0 Å². The van der Waals surface area contributed by atoms with E-state index in [-0.39, 0.29) is 12.5 Å². The fourth-order valence-corrected chi connectivity index (χ4v) is 1.47. The summed E-state index contributed by atoms with van der Waals surface area (Å²) < 4.78 is 0. The zero-order valence-corrected chi connectivity index (χ0v) is 6.00. The first-order valence-corrected chi connectivity index (χ1v) is 3.51. The minimum Gasteiger partial charge on any atom is -0.481 e. The second-order valence-electron chi connectivity index (χ2n) is 2.90.